The van der Waals surface area contributed by atoms with Crippen molar-refractivity contribution < 1.29 is 23.4 Å². The van der Waals surface area contributed by atoms with Crippen molar-refractivity contribution in [3.05, 3.63) is 53.1 Å². The first kappa shape index (κ1) is 15.1. The van der Waals surface area contributed by atoms with Gasteiger partial charge in [0.25, 0.3) is 5.91 Å². The summed E-state index contributed by atoms with van der Waals surface area (Å²) in [5.74, 6) is -0.887. The number of phenolic OH excluding ortho intramolecular Hbond substituents is 1. The van der Waals surface area contributed by atoms with Crippen LogP contribution in [-0.4, -0.2) is 17.6 Å². The van der Waals surface area contributed by atoms with E-state index in [1.807, 2.05) is 0 Å². The summed E-state index contributed by atoms with van der Waals surface area (Å²) in [5, 5.41) is 12.2. The fourth-order valence-corrected chi connectivity index (χ4v) is 1.91. The molecule has 2 rings (SSSR count). The first-order valence-electron chi connectivity index (χ1n) is 5.81. The summed E-state index contributed by atoms with van der Waals surface area (Å²) in [7, 11) is 0. The highest BCUT2D eigenvalue weighted by molar-refractivity contribution is 6.34. The van der Waals surface area contributed by atoms with E-state index < -0.39 is 12.5 Å². The van der Waals surface area contributed by atoms with E-state index in [0.717, 1.165) is 0 Å². The van der Waals surface area contributed by atoms with Crippen LogP contribution in [0, 0.1) is 0 Å². The Kier molecular flexibility index (Phi) is 4.59. The summed E-state index contributed by atoms with van der Waals surface area (Å²) in [5.41, 5.74) is 0.285. The van der Waals surface area contributed by atoms with Crippen molar-refractivity contribution in [2.24, 2.45) is 0 Å². The van der Waals surface area contributed by atoms with Crippen LogP contribution in [0.3, 0.4) is 0 Å². The van der Waals surface area contributed by atoms with E-state index in [0.29, 0.717) is 5.69 Å². The Hall–Kier alpha value is -2.34. The highest BCUT2D eigenvalue weighted by Gasteiger charge is 2.15. The number of alkyl halides is 2. The SMILES string of the molecule is O=C(Nc1ccc(OC(F)F)cc1)c1c(O)cccc1Cl. The van der Waals surface area contributed by atoms with Gasteiger partial charge in [0.15, 0.2) is 0 Å². The number of carbonyl (C=O) groups is 1. The predicted octanol–water partition coefficient (Wildman–Crippen LogP) is 3.90. The van der Waals surface area contributed by atoms with Gasteiger partial charge in [-0.05, 0) is 36.4 Å². The molecule has 0 unspecified atom stereocenters. The zero-order chi connectivity index (χ0) is 15.4. The fourth-order valence-electron chi connectivity index (χ4n) is 1.65. The van der Waals surface area contributed by atoms with Crippen LogP contribution in [0.4, 0.5) is 14.5 Å². The van der Waals surface area contributed by atoms with Gasteiger partial charge >= 0.3 is 6.61 Å². The van der Waals surface area contributed by atoms with Crippen LogP contribution in [0.2, 0.25) is 5.02 Å². The molecule has 0 bridgehead atoms. The minimum absolute atomic E-state index is 0.0245. The minimum atomic E-state index is -2.91. The van der Waals surface area contributed by atoms with E-state index in [4.69, 9.17) is 11.6 Å². The molecular weight excluding hydrogens is 304 g/mol. The zero-order valence-electron chi connectivity index (χ0n) is 10.5. The van der Waals surface area contributed by atoms with Gasteiger partial charge in [-0.25, -0.2) is 0 Å². The molecule has 0 radical (unpaired) electrons. The lowest BCUT2D eigenvalue weighted by Crippen LogP contribution is -2.12. The molecule has 1 amide bonds. The molecular formula is C14H10ClF2NO3. The maximum atomic E-state index is 12.0. The molecule has 21 heavy (non-hydrogen) atoms. The fraction of sp³-hybridized carbons (Fsp3) is 0.0714. The molecule has 7 heteroatoms. The Morgan fingerprint density at radius 2 is 1.86 bits per heavy atom. The van der Waals surface area contributed by atoms with Crippen LogP contribution in [0.1, 0.15) is 10.4 Å². The Morgan fingerprint density at radius 3 is 2.43 bits per heavy atom. The van der Waals surface area contributed by atoms with Crippen LogP contribution in [-0.2, 0) is 0 Å². The maximum Gasteiger partial charge on any atom is 0.387 e. The smallest absolute Gasteiger partial charge is 0.387 e. The van der Waals surface area contributed by atoms with Crippen molar-refractivity contribution in [1.82, 2.24) is 0 Å². The van der Waals surface area contributed by atoms with E-state index >= 15 is 0 Å². The number of ether oxygens (including phenoxy) is 1. The zero-order valence-corrected chi connectivity index (χ0v) is 11.3. The Labute approximate surface area is 123 Å². The minimum Gasteiger partial charge on any atom is -0.507 e. The lowest BCUT2D eigenvalue weighted by atomic mass is 10.2. The molecule has 110 valence electrons. The number of hydrogen-bond acceptors (Lipinski definition) is 3. The topological polar surface area (TPSA) is 58.6 Å². The lowest BCUT2D eigenvalue weighted by molar-refractivity contribution is -0.0498. The Morgan fingerprint density at radius 1 is 1.19 bits per heavy atom. The number of carbonyl (C=O) groups excluding carboxylic acids is 1. The molecule has 0 saturated heterocycles. The third-order valence-electron chi connectivity index (χ3n) is 2.56. The highest BCUT2D eigenvalue weighted by atomic mass is 35.5. The maximum absolute atomic E-state index is 12.0. The number of amides is 1. The number of benzene rings is 2. The van der Waals surface area contributed by atoms with Gasteiger partial charge in [0.05, 0.1) is 5.02 Å². The standard InChI is InChI=1S/C14H10ClF2NO3/c15-10-2-1-3-11(19)12(10)13(20)18-8-4-6-9(7-5-8)21-14(16)17/h1-7,14,19H,(H,18,20). The van der Waals surface area contributed by atoms with Crippen molar-refractivity contribution in [2.45, 2.75) is 6.61 Å². The lowest BCUT2D eigenvalue weighted by Gasteiger charge is -2.09. The molecule has 0 saturated carbocycles. The van der Waals surface area contributed by atoms with Gasteiger partial charge in [-0.15, -0.1) is 0 Å². The molecule has 2 aromatic rings. The van der Waals surface area contributed by atoms with E-state index in [1.165, 1.54) is 42.5 Å². The molecule has 2 N–H and O–H groups in total. The molecule has 0 heterocycles. The Bertz CT molecular complexity index is 627. The summed E-state index contributed by atoms with van der Waals surface area (Å²) in [6.07, 6.45) is 0. The van der Waals surface area contributed by atoms with Gasteiger partial charge in [-0.3, -0.25) is 4.79 Å². The van der Waals surface area contributed by atoms with Crippen molar-refractivity contribution in [3.8, 4) is 11.5 Å². The monoisotopic (exact) mass is 313 g/mol. The number of aromatic hydroxyl groups is 1. The van der Waals surface area contributed by atoms with Crippen LogP contribution >= 0.6 is 11.6 Å². The molecule has 0 atom stereocenters. The predicted molar refractivity (Wildman–Crippen MR) is 74.1 cm³/mol. The van der Waals surface area contributed by atoms with Crippen molar-refractivity contribution >= 4 is 23.2 Å². The number of hydrogen-bond donors (Lipinski definition) is 2. The molecule has 4 nitrogen and oxygen atoms in total. The van der Waals surface area contributed by atoms with Gasteiger partial charge in [0, 0.05) is 5.69 Å². The number of rotatable bonds is 4. The van der Waals surface area contributed by atoms with Gasteiger partial charge in [0.2, 0.25) is 0 Å². The second kappa shape index (κ2) is 6.41. The number of anilines is 1. The first-order chi connectivity index (χ1) is 9.97. The van der Waals surface area contributed by atoms with Crippen molar-refractivity contribution in [2.75, 3.05) is 5.32 Å². The van der Waals surface area contributed by atoms with E-state index in [9.17, 15) is 18.7 Å². The van der Waals surface area contributed by atoms with Gasteiger partial charge in [0.1, 0.15) is 17.1 Å². The molecule has 0 fully saturated rings. The van der Waals surface area contributed by atoms with Crippen LogP contribution < -0.4 is 10.1 Å². The van der Waals surface area contributed by atoms with Gasteiger partial charge in [-0.2, -0.15) is 8.78 Å². The summed E-state index contributed by atoms with van der Waals surface area (Å²) < 4.78 is 28.2. The summed E-state index contributed by atoms with van der Waals surface area (Å²) in [4.78, 5) is 12.0. The van der Waals surface area contributed by atoms with Crippen LogP contribution in [0.25, 0.3) is 0 Å². The molecule has 0 spiro atoms. The quantitative estimate of drug-likeness (QED) is 0.900. The second-order valence-corrected chi connectivity index (χ2v) is 4.40. The van der Waals surface area contributed by atoms with Gasteiger partial charge < -0.3 is 15.2 Å². The van der Waals surface area contributed by atoms with Crippen molar-refractivity contribution in [3.63, 3.8) is 0 Å². The molecule has 0 aliphatic carbocycles. The molecule has 0 aliphatic rings. The van der Waals surface area contributed by atoms with E-state index in [1.54, 1.807) is 0 Å². The molecule has 2 aromatic carbocycles. The highest BCUT2D eigenvalue weighted by Crippen LogP contribution is 2.26. The average molecular weight is 314 g/mol. The summed E-state index contributed by atoms with van der Waals surface area (Å²) in [6, 6.07) is 9.66. The van der Waals surface area contributed by atoms with E-state index in [-0.39, 0.29) is 22.1 Å². The van der Waals surface area contributed by atoms with E-state index in [2.05, 4.69) is 10.1 Å². The first-order valence-corrected chi connectivity index (χ1v) is 6.19. The summed E-state index contributed by atoms with van der Waals surface area (Å²) >= 11 is 5.85. The van der Waals surface area contributed by atoms with Crippen LogP contribution in [0.5, 0.6) is 11.5 Å². The van der Waals surface area contributed by atoms with Gasteiger partial charge in [-0.1, -0.05) is 17.7 Å². The number of phenols is 1. The number of nitrogens with one attached hydrogen (secondary N) is 1. The van der Waals surface area contributed by atoms with Crippen molar-refractivity contribution in [1.29, 1.82) is 0 Å². The van der Waals surface area contributed by atoms with Crippen LogP contribution in [0.15, 0.2) is 42.5 Å². The average Bonchev–Trinajstić information content (AvgIpc) is 2.40. The normalized spacial score (nSPS) is 10.5. The molecule has 0 aliphatic heterocycles. The summed E-state index contributed by atoms with van der Waals surface area (Å²) in [6.45, 7) is -2.91. The third kappa shape index (κ3) is 3.82. The second-order valence-electron chi connectivity index (χ2n) is 3.99. The Balaban J connectivity index is 2.13. The molecule has 0 aromatic heterocycles. The third-order valence-corrected chi connectivity index (χ3v) is 2.87. The largest absolute Gasteiger partial charge is 0.507 e. The number of halogens is 3.